The Morgan fingerprint density at radius 1 is 0.724 bits per heavy atom. The van der Waals surface area contributed by atoms with Gasteiger partial charge >= 0.3 is 11.8 Å². The quantitative estimate of drug-likeness (QED) is 0.516. The standard InChI is InChI=1S/C21H18Cl2N2O4/c1-21(2)24(11-13-3-7-15(8-4-13)17(22)26)19(28)20(29)25(21)12-14-5-9-16(10-6-14)18(23)27/h3-10H,11-12H2,1-2H3. The minimum atomic E-state index is -0.865. The van der Waals surface area contributed by atoms with Crippen molar-refractivity contribution < 1.29 is 19.2 Å². The third-order valence-electron chi connectivity index (χ3n) is 5.04. The predicted octanol–water partition coefficient (Wildman–Crippen LogP) is 3.55. The molecular formula is C21H18Cl2N2O4. The molecule has 2 aromatic rings. The Hall–Kier alpha value is -2.70. The van der Waals surface area contributed by atoms with E-state index < -0.39 is 28.0 Å². The molecule has 0 bridgehead atoms. The fourth-order valence-electron chi connectivity index (χ4n) is 3.25. The summed E-state index contributed by atoms with van der Waals surface area (Å²) in [4.78, 5) is 50.7. The lowest BCUT2D eigenvalue weighted by Crippen LogP contribution is -2.48. The summed E-state index contributed by atoms with van der Waals surface area (Å²) in [7, 11) is 0. The van der Waals surface area contributed by atoms with Crippen molar-refractivity contribution >= 4 is 45.5 Å². The van der Waals surface area contributed by atoms with Gasteiger partial charge in [-0.15, -0.1) is 0 Å². The fraction of sp³-hybridized carbons (Fsp3) is 0.238. The molecule has 1 heterocycles. The van der Waals surface area contributed by atoms with Crippen LogP contribution in [0.25, 0.3) is 0 Å². The molecule has 0 saturated carbocycles. The van der Waals surface area contributed by atoms with Crippen LogP contribution in [0.4, 0.5) is 0 Å². The maximum atomic E-state index is 12.6. The Morgan fingerprint density at radius 2 is 1.03 bits per heavy atom. The zero-order valence-corrected chi connectivity index (χ0v) is 17.3. The fourth-order valence-corrected chi connectivity index (χ4v) is 3.50. The summed E-state index contributed by atoms with van der Waals surface area (Å²) in [6.45, 7) is 4.02. The van der Waals surface area contributed by atoms with Crippen molar-refractivity contribution in [3.05, 3.63) is 70.8 Å². The Morgan fingerprint density at radius 3 is 1.31 bits per heavy atom. The van der Waals surface area contributed by atoms with Gasteiger partial charge in [-0.1, -0.05) is 24.3 Å². The van der Waals surface area contributed by atoms with Crippen molar-refractivity contribution in [2.75, 3.05) is 0 Å². The molecule has 0 aromatic heterocycles. The summed E-state index contributed by atoms with van der Waals surface area (Å²) in [5.74, 6) is -1.19. The molecule has 0 N–H and O–H groups in total. The van der Waals surface area contributed by atoms with Gasteiger partial charge < -0.3 is 9.80 Å². The second-order valence-electron chi connectivity index (χ2n) is 7.22. The molecule has 2 aromatic carbocycles. The van der Waals surface area contributed by atoms with E-state index in [1.54, 1.807) is 62.4 Å². The Kier molecular flexibility index (Phi) is 5.78. The summed E-state index contributed by atoms with van der Waals surface area (Å²) in [6.07, 6.45) is 0. The van der Waals surface area contributed by atoms with E-state index in [2.05, 4.69) is 0 Å². The molecule has 2 amide bonds. The number of amides is 2. The van der Waals surface area contributed by atoms with E-state index in [1.165, 1.54) is 9.80 Å². The van der Waals surface area contributed by atoms with Crippen molar-refractivity contribution in [3.8, 4) is 0 Å². The zero-order valence-electron chi connectivity index (χ0n) is 15.8. The highest BCUT2D eigenvalue weighted by molar-refractivity contribution is 6.68. The summed E-state index contributed by atoms with van der Waals surface area (Å²) >= 11 is 10.9. The highest BCUT2D eigenvalue weighted by Gasteiger charge is 2.50. The molecule has 6 nitrogen and oxygen atoms in total. The maximum absolute atomic E-state index is 12.6. The molecule has 1 saturated heterocycles. The molecule has 1 fully saturated rings. The lowest BCUT2D eigenvalue weighted by molar-refractivity contribution is -0.143. The van der Waals surface area contributed by atoms with Crippen molar-refractivity contribution in [3.63, 3.8) is 0 Å². The highest BCUT2D eigenvalue weighted by Crippen LogP contribution is 2.31. The molecule has 1 aliphatic rings. The summed E-state index contributed by atoms with van der Waals surface area (Å²) < 4.78 is 0. The van der Waals surface area contributed by atoms with Gasteiger partial charge in [0.15, 0.2) is 0 Å². The first-order valence-corrected chi connectivity index (χ1v) is 9.58. The van der Waals surface area contributed by atoms with E-state index in [9.17, 15) is 19.2 Å². The number of halogens is 2. The molecule has 0 spiro atoms. The normalized spacial score (nSPS) is 15.7. The van der Waals surface area contributed by atoms with Crippen LogP contribution in [0, 0.1) is 0 Å². The van der Waals surface area contributed by atoms with Crippen LogP contribution in [0.15, 0.2) is 48.5 Å². The van der Waals surface area contributed by atoms with Crippen LogP contribution in [0.5, 0.6) is 0 Å². The first-order chi connectivity index (χ1) is 13.6. The number of nitrogens with zero attached hydrogens (tertiary/aromatic N) is 2. The molecule has 0 aliphatic carbocycles. The molecule has 29 heavy (non-hydrogen) atoms. The Labute approximate surface area is 178 Å². The van der Waals surface area contributed by atoms with E-state index in [4.69, 9.17) is 23.2 Å². The molecule has 3 rings (SSSR count). The van der Waals surface area contributed by atoms with Gasteiger partial charge in [0.05, 0.1) is 0 Å². The topological polar surface area (TPSA) is 74.8 Å². The molecule has 0 unspecified atom stereocenters. The molecule has 150 valence electrons. The number of carbonyl (C=O) groups excluding carboxylic acids is 4. The van der Waals surface area contributed by atoms with Crippen molar-refractivity contribution in [1.82, 2.24) is 9.80 Å². The zero-order chi connectivity index (χ0) is 21.3. The van der Waals surface area contributed by atoms with Gasteiger partial charge in [0, 0.05) is 24.2 Å². The minimum absolute atomic E-state index is 0.213. The van der Waals surface area contributed by atoms with Gasteiger partial charge in [-0.25, -0.2) is 0 Å². The van der Waals surface area contributed by atoms with Crippen LogP contribution in [0.3, 0.4) is 0 Å². The first-order valence-electron chi connectivity index (χ1n) is 8.82. The van der Waals surface area contributed by atoms with E-state index >= 15 is 0 Å². The Balaban J connectivity index is 1.80. The maximum Gasteiger partial charge on any atom is 0.314 e. The smallest absolute Gasteiger partial charge is 0.307 e. The first kappa shape index (κ1) is 21.0. The third kappa shape index (κ3) is 4.18. The molecule has 1 aliphatic heterocycles. The second-order valence-corrected chi connectivity index (χ2v) is 7.90. The molecule has 8 heteroatoms. The van der Waals surface area contributed by atoms with Gasteiger partial charge in [-0.05, 0) is 72.4 Å². The average molecular weight is 433 g/mol. The van der Waals surface area contributed by atoms with E-state index in [0.29, 0.717) is 11.1 Å². The number of rotatable bonds is 6. The molecular weight excluding hydrogens is 415 g/mol. The average Bonchev–Trinajstić information content (AvgIpc) is 2.83. The monoisotopic (exact) mass is 432 g/mol. The van der Waals surface area contributed by atoms with Crippen LogP contribution < -0.4 is 0 Å². The summed E-state index contributed by atoms with van der Waals surface area (Å²) in [6, 6.07) is 13.1. The van der Waals surface area contributed by atoms with Gasteiger partial charge in [0.25, 0.3) is 10.5 Å². The van der Waals surface area contributed by atoms with Crippen LogP contribution >= 0.6 is 23.2 Å². The molecule has 0 atom stereocenters. The van der Waals surface area contributed by atoms with Crippen LogP contribution in [0.1, 0.15) is 45.7 Å². The summed E-state index contributed by atoms with van der Waals surface area (Å²) in [5.41, 5.74) is 1.40. The van der Waals surface area contributed by atoms with E-state index in [-0.39, 0.29) is 13.1 Å². The van der Waals surface area contributed by atoms with E-state index in [0.717, 1.165) is 11.1 Å². The number of hydrogen-bond donors (Lipinski definition) is 0. The van der Waals surface area contributed by atoms with Crippen molar-refractivity contribution in [1.29, 1.82) is 0 Å². The minimum Gasteiger partial charge on any atom is -0.307 e. The second kappa shape index (κ2) is 7.97. The Bertz CT molecular complexity index is 905. The van der Waals surface area contributed by atoms with Crippen LogP contribution in [0.2, 0.25) is 0 Å². The van der Waals surface area contributed by atoms with Crippen molar-refractivity contribution in [2.45, 2.75) is 32.6 Å². The van der Waals surface area contributed by atoms with E-state index in [1.807, 2.05) is 0 Å². The predicted molar refractivity (Wildman–Crippen MR) is 108 cm³/mol. The number of carbonyl (C=O) groups is 4. The highest BCUT2D eigenvalue weighted by atomic mass is 35.5. The number of benzene rings is 2. The van der Waals surface area contributed by atoms with Crippen molar-refractivity contribution in [2.24, 2.45) is 0 Å². The SMILES string of the molecule is CC1(C)N(Cc2ccc(C(=O)Cl)cc2)C(=O)C(=O)N1Cc1ccc(C(=O)Cl)cc1. The largest absolute Gasteiger partial charge is 0.314 e. The van der Waals surface area contributed by atoms with Gasteiger partial charge in [-0.3, -0.25) is 19.2 Å². The van der Waals surface area contributed by atoms with Crippen LogP contribution in [-0.4, -0.2) is 37.8 Å². The van der Waals surface area contributed by atoms with Gasteiger partial charge in [-0.2, -0.15) is 0 Å². The lowest BCUT2D eigenvalue weighted by atomic mass is 10.1. The van der Waals surface area contributed by atoms with Crippen LogP contribution in [-0.2, 0) is 22.7 Å². The van der Waals surface area contributed by atoms with Gasteiger partial charge in [0.1, 0.15) is 5.66 Å². The number of hydrogen-bond acceptors (Lipinski definition) is 4. The summed E-state index contributed by atoms with van der Waals surface area (Å²) in [5, 5.41) is -1.12. The lowest BCUT2D eigenvalue weighted by Gasteiger charge is -2.37. The molecule has 0 radical (unpaired) electrons. The van der Waals surface area contributed by atoms with Gasteiger partial charge in [0.2, 0.25) is 0 Å². The third-order valence-corrected chi connectivity index (χ3v) is 5.47.